The lowest BCUT2D eigenvalue weighted by Gasteiger charge is -2.27. The van der Waals surface area contributed by atoms with Gasteiger partial charge in [-0.2, -0.15) is 11.8 Å². The summed E-state index contributed by atoms with van der Waals surface area (Å²) in [5.41, 5.74) is 4.96. The lowest BCUT2D eigenvalue weighted by molar-refractivity contribution is -0.274. The van der Waals surface area contributed by atoms with Gasteiger partial charge in [-0.25, -0.2) is 13.4 Å². The number of aromatic nitrogens is 3. The lowest BCUT2D eigenvalue weighted by Crippen LogP contribution is -2.27. The highest BCUT2D eigenvalue weighted by atomic mass is 35.5. The van der Waals surface area contributed by atoms with E-state index < -0.39 is 21.9 Å². The van der Waals surface area contributed by atoms with E-state index >= 15 is 0 Å². The Kier molecular flexibility index (Phi) is 7.88. The molecule has 1 fully saturated rings. The van der Waals surface area contributed by atoms with Gasteiger partial charge < -0.3 is 13.8 Å². The van der Waals surface area contributed by atoms with Crippen molar-refractivity contribution in [3.8, 4) is 16.9 Å². The minimum absolute atomic E-state index is 0.0609. The lowest BCUT2D eigenvalue weighted by atomic mass is 10.0. The van der Waals surface area contributed by atoms with Crippen molar-refractivity contribution in [3.63, 3.8) is 0 Å². The Hall–Kier alpha value is -2.70. The summed E-state index contributed by atoms with van der Waals surface area (Å²) in [5.74, 6) is 1.23. The molecule has 0 amide bonds. The van der Waals surface area contributed by atoms with E-state index in [-0.39, 0.29) is 27.8 Å². The van der Waals surface area contributed by atoms with Crippen LogP contribution in [0, 0.1) is 13.8 Å². The van der Waals surface area contributed by atoms with E-state index in [9.17, 15) is 21.6 Å². The fourth-order valence-corrected chi connectivity index (χ4v) is 7.73. The zero-order valence-corrected chi connectivity index (χ0v) is 24.3. The smallest absolute Gasteiger partial charge is 0.404 e. The molecule has 1 atom stereocenters. The number of ether oxygens (including phenoxy) is 1. The van der Waals surface area contributed by atoms with Gasteiger partial charge in [-0.05, 0) is 74.8 Å². The highest BCUT2D eigenvalue weighted by Gasteiger charge is 2.33. The number of hydrogen-bond donors (Lipinski definition) is 0. The zero-order chi connectivity index (χ0) is 28.8. The van der Waals surface area contributed by atoms with Gasteiger partial charge in [0.2, 0.25) is 0 Å². The number of imidazole rings is 1. The van der Waals surface area contributed by atoms with Crippen molar-refractivity contribution < 1.29 is 30.8 Å². The number of nitrogens with zero attached hydrogens (tertiary/aromatic N) is 3. The Balaban J connectivity index is 1.56. The molecular formula is C27H27ClF3N3O4S2. The van der Waals surface area contributed by atoms with Crippen molar-refractivity contribution in [3.05, 3.63) is 64.3 Å². The molecule has 3 heterocycles. The van der Waals surface area contributed by atoms with Crippen LogP contribution in [-0.2, 0) is 16.3 Å². The van der Waals surface area contributed by atoms with Gasteiger partial charge in [0.15, 0.2) is 0 Å². The summed E-state index contributed by atoms with van der Waals surface area (Å²) in [6.45, 7) is 3.73. The summed E-state index contributed by atoms with van der Waals surface area (Å²) in [6.07, 6.45) is -1.50. The number of sulfone groups is 1. The molecule has 0 spiro atoms. The minimum Gasteiger partial charge on any atom is -0.404 e. The summed E-state index contributed by atoms with van der Waals surface area (Å²) < 4.78 is 74.0. The van der Waals surface area contributed by atoms with Crippen LogP contribution in [0.1, 0.15) is 47.0 Å². The average Bonchev–Trinajstić information content (AvgIpc) is 3.42. The Morgan fingerprint density at radius 2 is 1.90 bits per heavy atom. The molecule has 7 nitrogen and oxygen atoms in total. The molecule has 40 heavy (non-hydrogen) atoms. The number of benzene rings is 2. The molecule has 0 saturated carbocycles. The summed E-state index contributed by atoms with van der Waals surface area (Å²) >= 11 is 7.68. The van der Waals surface area contributed by atoms with E-state index in [1.807, 2.05) is 38.3 Å². The number of hydrogen-bond acceptors (Lipinski definition) is 7. The third-order valence-corrected chi connectivity index (χ3v) is 10.1. The maximum atomic E-state index is 12.7. The maximum Gasteiger partial charge on any atom is 0.573 e. The number of rotatable bonds is 7. The first-order valence-electron chi connectivity index (χ1n) is 12.6. The molecule has 2 aromatic heterocycles. The van der Waals surface area contributed by atoms with Gasteiger partial charge >= 0.3 is 6.36 Å². The molecule has 0 aliphatic carbocycles. The van der Waals surface area contributed by atoms with Crippen LogP contribution >= 0.6 is 23.4 Å². The van der Waals surface area contributed by atoms with Crippen molar-refractivity contribution in [2.24, 2.45) is 0 Å². The van der Waals surface area contributed by atoms with Gasteiger partial charge in [0.1, 0.15) is 27.2 Å². The first-order valence-corrected chi connectivity index (χ1v) is 16.1. The average molecular weight is 614 g/mol. The van der Waals surface area contributed by atoms with Crippen molar-refractivity contribution >= 4 is 44.2 Å². The van der Waals surface area contributed by atoms with E-state index in [1.165, 1.54) is 12.1 Å². The topological polar surface area (TPSA) is 87.2 Å². The van der Waals surface area contributed by atoms with Crippen LogP contribution in [0.3, 0.4) is 0 Å². The number of halogens is 4. The molecule has 214 valence electrons. The van der Waals surface area contributed by atoms with Crippen LogP contribution < -0.4 is 4.74 Å². The fourth-order valence-electron chi connectivity index (χ4n) is 5.29. The first kappa shape index (κ1) is 28.8. The number of thioether (sulfide) groups is 1. The Morgan fingerprint density at radius 3 is 2.50 bits per heavy atom. The molecule has 1 aliphatic heterocycles. The predicted octanol–water partition coefficient (Wildman–Crippen LogP) is 7.26. The van der Waals surface area contributed by atoms with Crippen LogP contribution in [0.2, 0.25) is 5.02 Å². The highest BCUT2D eigenvalue weighted by molar-refractivity contribution is 7.98. The van der Waals surface area contributed by atoms with Crippen molar-refractivity contribution in [1.82, 2.24) is 14.7 Å². The molecule has 1 aliphatic rings. The maximum absolute atomic E-state index is 12.7. The summed E-state index contributed by atoms with van der Waals surface area (Å²) in [7, 11) is -3.08. The molecule has 1 saturated heterocycles. The largest absolute Gasteiger partial charge is 0.573 e. The van der Waals surface area contributed by atoms with Gasteiger partial charge in [0.05, 0.1) is 38.5 Å². The van der Waals surface area contributed by atoms with Crippen molar-refractivity contribution in [1.29, 1.82) is 0 Å². The molecule has 1 unspecified atom stereocenters. The predicted molar refractivity (Wildman–Crippen MR) is 150 cm³/mol. The Labute approximate surface area is 239 Å². The first-order chi connectivity index (χ1) is 18.8. The second-order valence-electron chi connectivity index (χ2n) is 9.87. The van der Waals surface area contributed by atoms with Crippen LogP contribution in [0.4, 0.5) is 13.2 Å². The van der Waals surface area contributed by atoms with Gasteiger partial charge in [-0.1, -0.05) is 28.9 Å². The van der Waals surface area contributed by atoms with Gasteiger partial charge in [-0.3, -0.25) is 0 Å². The van der Waals surface area contributed by atoms with Gasteiger partial charge in [0.25, 0.3) is 0 Å². The number of aryl methyl sites for hydroxylation is 2. The summed E-state index contributed by atoms with van der Waals surface area (Å²) in [5, 5.41) is 3.74. The minimum atomic E-state index is -4.84. The van der Waals surface area contributed by atoms with E-state index in [0.29, 0.717) is 25.0 Å². The van der Waals surface area contributed by atoms with Gasteiger partial charge in [-0.15, -0.1) is 13.2 Å². The van der Waals surface area contributed by atoms with Gasteiger partial charge in [0, 0.05) is 11.6 Å². The normalized spacial score (nSPS) is 16.9. The molecule has 0 N–H and O–H groups in total. The van der Waals surface area contributed by atoms with Crippen LogP contribution in [0.5, 0.6) is 5.75 Å². The standard InChI is InChI=1S/C27H27ClF3N3O4S2/c1-15-25(16(2)38-33-15)18-5-6-22-21(14-18)32-26(34(22)19-8-10-40(35,36)11-9-19)24(39-3)13-17-4-7-23(20(28)12-17)37-27(29,30)31/h4-7,12,14,19,24H,8-11,13H2,1-3H3. The van der Waals surface area contributed by atoms with Crippen LogP contribution in [0.25, 0.3) is 22.2 Å². The third kappa shape index (κ3) is 5.99. The molecule has 13 heteroatoms. The van der Waals surface area contributed by atoms with Crippen LogP contribution in [-0.4, -0.2) is 47.2 Å². The molecule has 0 radical (unpaired) electrons. The van der Waals surface area contributed by atoms with E-state index in [4.69, 9.17) is 21.1 Å². The fraction of sp³-hybridized carbons (Fsp3) is 0.407. The van der Waals surface area contributed by atoms with E-state index in [1.54, 1.807) is 17.8 Å². The quantitative estimate of drug-likeness (QED) is 0.217. The van der Waals surface area contributed by atoms with Crippen LogP contribution in [0.15, 0.2) is 40.9 Å². The summed E-state index contributed by atoms with van der Waals surface area (Å²) in [4.78, 5) is 5.05. The third-order valence-electron chi connectivity index (χ3n) is 7.14. The molecule has 5 rings (SSSR count). The monoisotopic (exact) mass is 613 g/mol. The molecular weight excluding hydrogens is 587 g/mol. The molecule has 0 bridgehead atoms. The second kappa shape index (κ2) is 10.9. The van der Waals surface area contributed by atoms with Crippen molar-refractivity contribution in [2.75, 3.05) is 17.8 Å². The number of alkyl halides is 3. The zero-order valence-electron chi connectivity index (χ0n) is 22.0. The summed E-state index contributed by atoms with van der Waals surface area (Å²) in [6, 6.07) is 10.2. The number of fused-ring (bicyclic) bond motifs is 1. The van der Waals surface area contributed by atoms with E-state index in [2.05, 4.69) is 14.5 Å². The van der Waals surface area contributed by atoms with Crippen molar-refractivity contribution in [2.45, 2.75) is 50.8 Å². The van der Waals surface area contributed by atoms with E-state index in [0.717, 1.165) is 39.2 Å². The Morgan fingerprint density at radius 1 is 1.18 bits per heavy atom. The SMILES string of the molecule is CSC(Cc1ccc(OC(F)(F)F)c(Cl)c1)c1nc2cc(-c3c(C)noc3C)ccc2n1C1CCS(=O)(=O)CC1. The molecule has 2 aromatic carbocycles. The highest BCUT2D eigenvalue weighted by Crippen LogP contribution is 2.40. The Bertz CT molecular complexity index is 1630. The molecule has 4 aromatic rings. The second-order valence-corrected chi connectivity index (χ2v) is 13.6.